The molecule has 3 aromatic carbocycles. The summed E-state index contributed by atoms with van der Waals surface area (Å²) >= 11 is 6.12. The highest BCUT2D eigenvalue weighted by Gasteiger charge is 2.37. The standard InChI is InChI=1S/C24H23ClN2O6S/c1-31-18-8-10-20(11-9-18)34(29,30)27-16-23(33-22-12-7-17(25)15-21(22)27)24(28)26-13-14-32-19-5-3-2-4-6-19/h2-12,15,23H,13-14,16H2,1H3,(H,26,28)/t23-/m1/s1. The Morgan fingerprint density at radius 3 is 2.53 bits per heavy atom. The van der Waals surface area contributed by atoms with Crippen LogP contribution in [0.5, 0.6) is 17.2 Å². The number of sulfonamides is 1. The van der Waals surface area contributed by atoms with Crippen molar-refractivity contribution in [2.24, 2.45) is 0 Å². The number of ether oxygens (including phenoxy) is 3. The first-order chi connectivity index (χ1) is 16.4. The maximum absolute atomic E-state index is 13.5. The van der Waals surface area contributed by atoms with Gasteiger partial charge in [-0.25, -0.2) is 8.42 Å². The smallest absolute Gasteiger partial charge is 0.264 e. The SMILES string of the molecule is COc1ccc(S(=O)(=O)N2C[C@H](C(=O)NCCOc3ccccc3)Oc3ccc(Cl)cc32)cc1. The first-order valence-corrected chi connectivity index (χ1v) is 12.3. The molecule has 0 spiro atoms. The molecule has 10 heteroatoms. The van der Waals surface area contributed by atoms with Gasteiger partial charge in [-0.05, 0) is 54.6 Å². The predicted octanol–water partition coefficient (Wildman–Crippen LogP) is 3.50. The second-order valence-corrected chi connectivity index (χ2v) is 9.68. The topological polar surface area (TPSA) is 94.2 Å². The van der Waals surface area contributed by atoms with E-state index in [9.17, 15) is 13.2 Å². The van der Waals surface area contributed by atoms with Gasteiger partial charge in [-0.2, -0.15) is 0 Å². The second kappa shape index (κ2) is 10.2. The second-order valence-electron chi connectivity index (χ2n) is 7.38. The van der Waals surface area contributed by atoms with Gasteiger partial charge in [0.15, 0.2) is 6.10 Å². The quantitative estimate of drug-likeness (QED) is 0.474. The van der Waals surface area contributed by atoms with Gasteiger partial charge in [0.2, 0.25) is 0 Å². The van der Waals surface area contributed by atoms with Crippen LogP contribution in [0.15, 0.2) is 77.7 Å². The molecule has 34 heavy (non-hydrogen) atoms. The Labute approximate surface area is 203 Å². The largest absolute Gasteiger partial charge is 0.497 e. The number of anilines is 1. The lowest BCUT2D eigenvalue weighted by Gasteiger charge is -2.34. The van der Waals surface area contributed by atoms with Gasteiger partial charge in [0.05, 0.1) is 30.8 Å². The highest BCUT2D eigenvalue weighted by molar-refractivity contribution is 7.92. The first-order valence-electron chi connectivity index (χ1n) is 10.5. The number of hydrogen-bond donors (Lipinski definition) is 1. The molecule has 1 N–H and O–H groups in total. The third-order valence-corrected chi connectivity index (χ3v) is 7.17. The number of benzene rings is 3. The zero-order chi connectivity index (χ0) is 24.1. The minimum atomic E-state index is -4.01. The molecule has 3 aromatic rings. The summed E-state index contributed by atoms with van der Waals surface area (Å²) in [4.78, 5) is 12.9. The van der Waals surface area contributed by atoms with Crippen molar-refractivity contribution < 1.29 is 27.4 Å². The fraction of sp³-hybridized carbons (Fsp3) is 0.208. The molecule has 0 aliphatic carbocycles. The normalized spacial score (nSPS) is 15.1. The van der Waals surface area contributed by atoms with Crippen molar-refractivity contribution in [3.05, 3.63) is 77.8 Å². The summed E-state index contributed by atoms with van der Waals surface area (Å²) in [6.07, 6.45) is -1.06. The average molecular weight is 503 g/mol. The van der Waals surface area contributed by atoms with E-state index < -0.39 is 22.0 Å². The molecule has 4 rings (SSSR count). The van der Waals surface area contributed by atoms with E-state index in [0.29, 0.717) is 16.5 Å². The number of amides is 1. The maximum atomic E-state index is 13.5. The number of carbonyl (C=O) groups excluding carboxylic acids is 1. The molecule has 1 atom stereocenters. The summed E-state index contributed by atoms with van der Waals surface area (Å²) in [5.41, 5.74) is 0.264. The van der Waals surface area contributed by atoms with Crippen LogP contribution < -0.4 is 23.8 Å². The monoisotopic (exact) mass is 502 g/mol. The molecular weight excluding hydrogens is 480 g/mol. The van der Waals surface area contributed by atoms with Crippen molar-refractivity contribution in [1.29, 1.82) is 0 Å². The molecule has 0 unspecified atom stereocenters. The van der Waals surface area contributed by atoms with Gasteiger partial charge in [0.1, 0.15) is 23.9 Å². The molecule has 0 radical (unpaired) electrons. The van der Waals surface area contributed by atoms with Crippen molar-refractivity contribution >= 4 is 33.2 Å². The van der Waals surface area contributed by atoms with Crippen molar-refractivity contribution in [2.45, 2.75) is 11.0 Å². The van der Waals surface area contributed by atoms with Gasteiger partial charge < -0.3 is 19.5 Å². The zero-order valence-corrected chi connectivity index (χ0v) is 19.9. The van der Waals surface area contributed by atoms with Gasteiger partial charge in [0, 0.05) is 5.02 Å². The molecule has 1 amide bonds. The molecule has 8 nitrogen and oxygen atoms in total. The number of nitrogens with one attached hydrogen (secondary N) is 1. The minimum absolute atomic E-state index is 0.0524. The molecule has 1 aliphatic rings. The van der Waals surface area contributed by atoms with Crippen LogP contribution in [0.1, 0.15) is 0 Å². The predicted molar refractivity (Wildman–Crippen MR) is 128 cm³/mol. The highest BCUT2D eigenvalue weighted by Crippen LogP contribution is 2.39. The number of para-hydroxylation sites is 1. The molecule has 0 saturated carbocycles. The summed E-state index contributed by atoms with van der Waals surface area (Å²) in [5.74, 6) is 1.01. The van der Waals surface area contributed by atoms with Crippen molar-refractivity contribution in [3.8, 4) is 17.2 Å². The molecule has 0 saturated heterocycles. The summed E-state index contributed by atoms with van der Waals surface area (Å²) in [6.45, 7) is 0.266. The number of nitrogens with zero attached hydrogens (tertiary/aromatic N) is 1. The number of carbonyl (C=O) groups is 1. The van der Waals surface area contributed by atoms with Crippen LogP contribution in [0.4, 0.5) is 5.69 Å². The lowest BCUT2D eigenvalue weighted by molar-refractivity contribution is -0.127. The maximum Gasteiger partial charge on any atom is 0.264 e. The van der Waals surface area contributed by atoms with Crippen LogP contribution in [0.25, 0.3) is 0 Å². The minimum Gasteiger partial charge on any atom is -0.497 e. The molecule has 1 aliphatic heterocycles. The third-order valence-electron chi connectivity index (χ3n) is 5.14. The molecule has 178 valence electrons. The van der Waals surface area contributed by atoms with Crippen LogP contribution in [-0.4, -0.2) is 47.2 Å². The van der Waals surface area contributed by atoms with Crippen LogP contribution in [0, 0.1) is 0 Å². The average Bonchev–Trinajstić information content (AvgIpc) is 2.86. The van der Waals surface area contributed by atoms with Gasteiger partial charge in [0.25, 0.3) is 15.9 Å². The molecule has 1 heterocycles. The molecule has 0 aromatic heterocycles. The highest BCUT2D eigenvalue weighted by atomic mass is 35.5. The third kappa shape index (κ3) is 5.21. The molecular formula is C24H23ClN2O6S. The first kappa shape index (κ1) is 23.7. The number of methoxy groups -OCH3 is 1. The Kier molecular flexibility index (Phi) is 7.14. The summed E-state index contributed by atoms with van der Waals surface area (Å²) in [6, 6.07) is 19.9. The Hall–Kier alpha value is -3.43. The fourth-order valence-electron chi connectivity index (χ4n) is 3.44. The van der Waals surface area contributed by atoms with E-state index in [0.717, 1.165) is 4.31 Å². The molecule has 0 bridgehead atoms. The summed E-state index contributed by atoms with van der Waals surface area (Å²) in [5, 5.41) is 3.08. The van der Waals surface area contributed by atoms with Crippen molar-refractivity contribution in [2.75, 3.05) is 31.1 Å². The van der Waals surface area contributed by atoms with Gasteiger partial charge in [-0.3, -0.25) is 9.10 Å². The Morgan fingerprint density at radius 2 is 1.82 bits per heavy atom. The lowest BCUT2D eigenvalue weighted by atomic mass is 10.2. The summed E-state index contributed by atoms with van der Waals surface area (Å²) in [7, 11) is -2.51. The van der Waals surface area contributed by atoms with Crippen LogP contribution in [-0.2, 0) is 14.8 Å². The van der Waals surface area contributed by atoms with Gasteiger partial charge in [-0.15, -0.1) is 0 Å². The Morgan fingerprint density at radius 1 is 1.09 bits per heavy atom. The Balaban J connectivity index is 1.51. The van der Waals surface area contributed by atoms with Crippen molar-refractivity contribution in [1.82, 2.24) is 5.32 Å². The van der Waals surface area contributed by atoms with E-state index in [2.05, 4.69) is 5.32 Å². The Bertz CT molecular complexity index is 1250. The summed E-state index contributed by atoms with van der Waals surface area (Å²) < 4.78 is 44.6. The zero-order valence-electron chi connectivity index (χ0n) is 18.3. The van der Waals surface area contributed by atoms with Gasteiger partial charge in [-0.1, -0.05) is 29.8 Å². The van der Waals surface area contributed by atoms with E-state index in [1.54, 1.807) is 24.3 Å². The lowest BCUT2D eigenvalue weighted by Crippen LogP contribution is -2.51. The van der Waals surface area contributed by atoms with E-state index in [4.69, 9.17) is 25.8 Å². The van der Waals surface area contributed by atoms with Crippen molar-refractivity contribution in [3.63, 3.8) is 0 Å². The van der Waals surface area contributed by atoms with E-state index in [1.807, 2.05) is 30.3 Å². The number of rotatable bonds is 8. The van der Waals surface area contributed by atoms with E-state index in [-0.39, 0.29) is 36.0 Å². The molecule has 0 fully saturated rings. The van der Waals surface area contributed by atoms with Crippen LogP contribution >= 0.6 is 11.6 Å². The number of halogens is 1. The van der Waals surface area contributed by atoms with Crippen LogP contribution in [0.2, 0.25) is 5.02 Å². The van der Waals surface area contributed by atoms with Crippen LogP contribution in [0.3, 0.4) is 0 Å². The number of fused-ring (bicyclic) bond motifs is 1. The number of hydrogen-bond acceptors (Lipinski definition) is 6. The van der Waals surface area contributed by atoms with E-state index >= 15 is 0 Å². The fourth-order valence-corrected chi connectivity index (χ4v) is 5.07. The van der Waals surface area contributed by atoms with E-state index in [1.165, 1.54) is 25.3 Å². The van der Waals surface area contributed by atoms with Gasteiger partial charge >= 0.3 is 0 Å².